The van der Waals surface area contributed by atoms with Gasteiger partial charge in [-0.25, -0.2) is 4.98 Å². The van der Waals surface area contributed by atoms with Gasteiger partial charge in [0, 0.05) is 11.8 Å². The number of nitrogens with zero attached hydrogens (tertiary/aromatic N) is 2. The van der Waals surface area contributed by atoms with E-state index in [4.69, 9.17) is 9.26 Å². The summed E-state index contributed by atoms with van der Waals surface area (Å²) in [4.78, 5) is 16.7. The predicted molar refractivity (Wildman–Crippen MR) is 82.0 cm³/mol. The van der Waals surface area contributed by atoms with E-state index in [2.05, 4.69) is 15.5 Å². The van der Waals surface area contributed by atoms with Gasteiger partial charge in [-0.05, 0) is 46.2 Å². The van der Waals surface area contributed by atoms with E-state index in [1.165, 1.54) is 7.11 Å². The minimum Gasteiger partial charge on any atom is -0.494 e. The van der Waals surface area contributed by atoms with Crippen molar-refractivity contribution < 1.29 is 14.1 Å². The van der Waals surface area contributed by atoms with Crippen LogP contribution < -0.4 is 10.1 Å². The molecule has 6 heteroatoms. The molecule has 2 heterocycles. The molecule has 2 rings (SSSR count). The zero-order valence-corrected chi connectivity index (χ0v) is 13.8. The molecule has 0 aliphatic rings. The van der Waals surface area contributed by atoms with Crippen molar-refractivity contribution in [2.45, 2.75) is 40.2 Å². The van der Waals surface area contributed by atoms with Gasteiger partial charge in [0.25, 0.3) is 5.91 Å². The smallest absolute Gasteiger partial charge is 0.274 e. The van der Waals surface area contributed by atoms with Crippen molar-refractivity contribution >= 4 is 5.91 Å². The Kier molecular flexibility index (Phi) is 4.21. The highest BCUT2D eigenvalue weighted by Crippen LogP contribution is 2.28. The van der Waals surface area contributed by atoms with Crippen LogP contribution in [0.5, 0.6) is 5.75 Å². The Bertz CT molecular complexity index is 685. The monoisotopic (exact) mass is 303 g/mol. The molecule has 0 fully saturated rings. The van der Waals surface area contributed by atoms with Crippen LogP contribution >= 0.6 is 0 Å². The zero-order valence-electron chi connectivity index (χ0n) is 13.8. The molecule has 0 saturated heterocycles. The molecule has 2 aromatic rings. The Hall–Kier alpha value is -2.37. The van der Waals surface area contributed by atoms with Crippen LogP contribution in [0.3, 0.4) is 0 Å². The first-order valence-corrected chi connectivity index (χ1v) is 7.02. The van der Waals surface area contributed by atoms with E-state index >= 15 is 0 Å². The maximum absolute atomic E-state index is 12.6. The quantitative estimate of drug-likeness (QED) is 0.939. The standard InChI is InChI=1S/C16H21N3O3/c1-9-7-12(21-6)14(17-8-9)15(20)18-16(4,5)13-10(2)19-22-11(13)3/h7-8H,1-6H3,(H,18,20). The lowest BCUT2D eigenvalue weighted by Crippen LogP contribution is -2.42. The summed E-state index contributed by atoms with van der Waals surface area (Å²) in [5, 5.41) is 6.91. The largest absolute Gasteiger partial charge is 0.494 e. The number of methoxy groups -OCH3 is 1. The summed E-state index contributed by atoms with van der Waals surface area (Å²) in [6, 6.07) is 1.78. The molecule has 1 amide bonds. The van der Waals surface area contributed by atoms with Gasteiger partial charge in [-0.2, -0.15) is 0 Å². The van der Waals surface area contributed by atoms with Crippen LogP contribution in [0, 0.1) is 20.8 Å². The van der Waals surface area contributed by atoms with E-state index in [0.29, 0.717) is 11.5 Å². The Balaban J connectivity index is 2.32. The molecule has 0 atom stereocenters. The number of carbonyl (C=O) groups is 1. The number of hydrogen-bond acceptors (Lipinski definition) is 5. The fraction of sp³-hybridized carbons (Fsp3) is 0.438. The molecule has 0 unspecified atom stereocenters. The summed E-state index contributed by atoms with van der Waals surface area (Å²) in [5.41, 5.74) is 2.17. The molecule has 0 aliphatic carbocycles. The van der Waals surface area contributed by atoms with Crippen molar-refractivity contribution in [2.75, 3.05) is 7.11 Å². The Morgan fingerprint density at radius 2 is 2.00 bits per heavy atom. The van der Waals surface area contributed by atoms with Crippen molar-refractivity contribution in [2.24, 2.45) is 0 Å². The van der Waals surface area contributed by atoms with Gasteiger partial charge in [0.2, 0.25) is 0 Å². The molecule has 6 nitrogen and oxygen atoms in total. The number of amides is 1. The fourth-order valence-electron chi connectivity index (χ4n) is 2.65. The lowest BCUT2D eigenvalue weighted by Gasteiger charge is -2.26. The predicted octanol–water partition coefficient (Wildman–Crippen LogP) is 2.67. The van der Waals surface area contributed by atoms with E-state index in [-0.39, 0.29) is 11.6 Å². The SMILES string of the molecule is COc1cc(C)cnc1C(=O)NC(C)(C)c1c(C)noc1C. The summed E-state index contributed by atoms with van der Waals surface area (Å²) in [6.07, 6.45) is 1.64. The van der Waals surface area contributed by atoms with E-state index in [1.54, 1.807) is 12.3 Å². The van der Waals surface area contributed by atoms with Crippen LogP contribution in [-0.2, 0) is 5.54 Å². The highest BCUT2D eigenvalue weighted by atomic mass is 16.5. The summed E-state index contributed by atoms with van der Waals surface area (Å²) in [5.74, 6) is 0.834. The van der Waals surface area contributed by atoms with Crippen LogP contribution in [0.15, 0.2) is 16.8 Å². The average molecular weight is 303 g/mol. The first-order valence-electron chi connectivity index (χ1n) is 7.02. The van der Waals surface area contributed by atoms with E-state index in [9.17, 15) is 4.79 Å². The van der Waals surface area contributed by atoms with Gasteiger partial charge in [-0.15, -0.1) is 0 Å². The van der Waals surface area contributed by atoms with Crippen molar-refractivity contribution in [1.29, 1.82) is 0 Å². The lowest BCUT2D eigenvalue weighted by molar-refractivity contribution is 0.0903. The number of nitrogens with one attached hydrogen (secondary N) is 1. The minimum atomic E-state index is -0.636. The third-order valence-corrected chi connectivity index (χ3v) is 3.51. The summed E-state index contributed by atoms with van der Waals surface area (Å²) in [7, 11) is 1.52. The molecule has 0 bridgehead atoms. The maximum atomic E-state index is 12.6. The molecular formula is C16H21N3O3. The van der Waals surface area contributed by atoms with Gasteiger partial charge in [0.05, 0.1) is 18.3 Å². The number of carbonyl (C=O) groups excluding carboxylic acids is 1. The van der Waals surface area contributed by atoms with Crippen molar-refractivity contribution in [1.82, 2.24) is 15.5 Å². The molecule has 0 aliphatic heterocycles. The fourth-order valence-corrected chi connectivity index (χ4v) is 2.65. The molecule has 0 saturated carbocycles. The molecule has 2 aromatic heterocycles. The van der Waals surface area contributed by atoms with Crippen LogP contribution in [0.1, 0.15) is 46.9 Å². The molecule has 0 spiro atoms. The second-order valence-corrected chi connectivity index (χ2v) is 5.84. The lowest BCUT2D eigenvalue weighted by atomic mass is 9.92. The van der Waals surface area contributed by atoms with Crippen LogP contribution in [0.2, 0.25) is 0 Å². The minimum absolute atomic E-state index is 0.257. The normalized spacial score (nSPS) is 11.4. The van der Waals surface area contributed by atoms with E-state index < -0.39 is 5.54 Å². The third kappa shape index (κ3) is 2.95. The van der Waals surface area contributed by atoms with Gasteiger partial charge >= 0.3 is 0 Å². The molecule has 0 aromatic carbocycles. The molecule has 1 N–H and O–H groups in total. The first kappa shape index (κ1) is 16.0. The van der Waals surface area contributed by atoms with Crippen LogP contribution in [0.4, 0.5) is 0 Å². The second kappa shape index (κ2) is 5.79. The van der Waals surface area contributed by atoms with E-state index in [1.807, 2.05) is 34.6 Å². The maximum Gasteiger partial charge on any atom is 0.274 e. The summed E-state index contributed by atoms with van der Waals surface area (Å²) < 4.78 is 10.4. The summed E-state index contributed by atoms with van der Waals surface area (Å²) >= 11 is 0. The van der Waals surface area contributed by atoms with E-state index in [0.717, 1.165) is 16.8 Å². The number of ether oxygens (including phenoxy) is 1. The Morgan fingerprint density at radius 3 is 2.55 bits per heavy atom. The number of pyridine rings is 1. The third-order valence-electron chi connectivity index (χ3n) is 3.51. The molecule has 0 radical (unpaired) electrons. The number of aryl methyl sites for hydroxylation is 3. The first-order chi connectivity index (χ1) is 10.3. The Labute approximate surface area is 129 Å². The van der Waals surface area contributed by atoms with Crippen LogP contribution in [0.25, 0.3) is 0 Å². The van der Waals surface area contributed by atoms with Gasteiger partial charge in [0.15, 0.2) is 5.69 Å². The van der Waals surface area contributed by atoms with Crippen molar-refractivity contribution in [3.05, 3.63) is 40.5 Å². The second-order valence-electron chi connectivity index (χ2n) is 5.84. The van der Waals surface area contributed by atoms with Gasteiger partial charge in [0.1, 0.15) is 11.5 Å². The molecular weight excluding hydrogens is 282 g/mol. The molecule has 22 heavy (non-hydrogen) atoms. The highest BCUT2D eigenvalue weighted by Gasteiger charge is 2.31. The number of hydrogen-bond donors (Lipinski definition) is 1. The Morgan fingerprint density at radius 1 is 1.32 bits per heavy atom. The molecule has 118 valence electrons. The van der Waals surface area contributed by atoms with Gasteiger partial charge in [-0.1, -0.05) is 5.16 Å². The zero-order chi connectivity index (χ0) is 16.5. The topological polar surface area (TPSA) is 77.2 Å². The van der Waals surface area contributed by atoms with Gasteiger partial charge in [-0.3, -0.25) is 4.79 Å². The van der Waals surface area contributed by atoms with Crippen LogP contribution in [-0.4, -0.2) is 23.2 Å². The number of rotatable bonds is 4. The summed E-state index contributed by atoms with van der Waals surface area (Å²) in [6.45, 7) is 9.37. The highest BCUT2D eigenvalue weighted by molar-refractivity contribution is 5.95. The van der Waals surface area contributed by atoms with Crippen molar-refractivity contribution in [3.63, 3.8) is 0 Å². The van der Waals surface area contributed by atoms with Crippen molar-refractivity contribution in [3.8, 4) is 5.75 Å². The van der Waals surface area contributed by atoms with Gasteiger partial charge < -0.3 is 14.6 Å². The number of aromatic nitrogens is 2. The average Bonchev–Trinajstić information content (AvgIpc) is 2.77.